The van der Waals surface area contributed by atoms with Crippen molar-refractivity contribution in [3.05, 3.63) is 30.4 Å². The van der Waals surface area contributed by atoms with Gasteiger partial charge >= 0.3 is 6.09 Å². The molecule has 0 radical (unpaired) electrons. The van der Waals surface area contributed by atoms with Gasteiger partial charge in [0.2, 0.25) is 11.8 Å². The highest BCUT2D eigenvalue weighted by Crippen LogP contribution is 2.23. The summed E-state index contributed by atoms with van der Waals surface area (Å²) in [6, 6.07) is 2.84. The van der Waals surface area contributed by atoms with Crippen LogP contribution in [0.3, 0.4) is 0 Å². The van der Waals surface area contributed by atoms with Crippen molar-refractivity contribution in [2.45, 2.75) is 51.9 Å². The van der Waals surface area contributed by atoms with Crippen molar-refractivity contribution in [2.24, 2.45) is 0 Å². The lowest BCUT2D eigenvalue weighted by atomic mass is 10.1. The van der Waals surface area contributed by atoms with Crippen molar-refractivity contribution < 1.29 is 19.1 Å². The molecule has 0 saturated carbocycles. The molecule has 0 aromatic carbocycles. The van der Waals surface area contributed by atoms with Crippen LogP contribution in [0, 0.1) is 0 Å². The molecule has 0 bridgehead atoms. The van der Waals surface area contributed by atoms with E-state index in [9.17, 15) is 9.90 Å². The third-order valence-electron chi connectivity index (χ3n) is 3.14. The molecule has 2 N–H and O–H groups in total. The van der Waals surface area contributed by atoms with Crippen LogP contribution in [0.1, 0.15) is 46.1 Å². The average Bonchev–Trinajstić information content (AvgIpc) is 3.01. The van der Waals surface area contributed by atoms with Crippen molar-refractivity contribution in [3.8, 4) is 11.5 Å². The molecule has 2 aromatic heterocycles. The highest BCUT2D eigenvalue weighted by atomic mass is 16.6. The number of rotatable bonds is 5. The summed E-state index contributed by atoms with van der Waals surface area (Å²) in [5.74, 6) is 0.309. The molecule has 0 aliphatic rings. The van der Waals surface area contributed by atoms with Crippen LogP contribution in [0.15, 0.2) is 28.9 Å². The maximum Gasteiger partial charge on any atom is 0.407 e. The van der Waals surface area contributed by atoms with Gasteiger partial charge in [0.25, 0.3) is 0 Å². The first-order valence-corrected chi connectivity index (χ1v) is 7.71. The molecule has 8 heteroatoms. The number of hydrogen-bond donors (Lipinski definition) is 2. The summed E-state index contributed by atoms with van der Waals surface area (Å²) >= 11 is 0. The van der Waals surface area contributed by atoms with E-state index in [1.807, 2.05) is 6.92 Å². The Kier molecular flexibility index (Phi) is 5.50. The lowest BCUT2D eigenvalue weighted by molar-refractivity contribution is 0.0385. The number of hydrogen-bond acceptors (Lipinski definition) is 7. The van der Waals surface area contributed by atoms with Crippen LogP contribution < -0.4 is 5.32 Å². The molecule has 0 saturated heterocycles. The molecule has 1 unspecified atom stereocenters. The minimum absolute atomic E-state index is 0.0321. The number of nitrogens with zero attached hydrogens (tertiary/aromatic N) is 3. The van der Waals surface area contributed by atoms with Gasteiger partial charge in [0.1, 0.15) is 5.60 Å². The third kappa shape index (κ3) is 4.76. The zero-order valence-corrected chi connectivity index (χ0v) is 14.2. The SMILES string of the molecule is CCC(NC(=O)OC(C)(C)C)[C@H](O)c1nnc(-c2ccncc2)o1. The number of aliphatic hydroxyl groups excluding tert-OH is 1. The Morgan fingerprint density at radius 2 is 2.00 bits per heavy atom. The fourth-order valence-electron chi connectivity index (χ4n) is 2.00. The molecule has 130 valence electrons. The minimum Gasteiger partial charge on any atom is -0.444 e. The number of nitrogens with one attached hydrogen (secondary N) is 1. The van der Waals surface area contributed by atoms with Gasteiger partial charge in [-0.3, -0.25) is 4.98 Å². The van der Waals surface area contributed by atoms with E-state index in [0.717, 1.165) is 0 Å². The van der Waals surface area contributed by atoms with Gasteiger partial charge in [-0.15, -0.1) is 10.2 Å². The quantitative estimate of drug-likeness (QED) is 0.864. The molecule has 24 heavy (non-hydrogen) atoms. The van der Waals surface area contributed by atoms with E-state index in [1.54, 1.807) is 45.3 Å². The smallest absolute Gasteiger partial charge is 0.407 e. The fourth-order valence-corrected chi connectivity index (χ4v) is 2.00. The van der Waals surface area contributed by atoms with Crippen molar-refractivity contribution in [1.82, 2.24) is 20.5 Å². The molecule has 8 nitrogen and oxygen atoms in total. The predicted octanol–water partition coefficient (Wildman–Crippen LogP) is 2.47. The first-order valence-electron chi connectivity index (χ1n) is 7.71. The van der Waals surface area contributed by atoms with Gasteiger partial charge < -0.3 is 19.6 Å². The first kappa shape index (κ1) is 17.9. The van der Waals surface area contributed by atoms with Crippen molar-refractivity contribution in [3.63, 3.8) is 0 Å². The number of pyridine rings is 1. The van der Waals surface area contributed by atoms with Gasteiger partial charge in [0.05, 0.1) is 6.04 Å². The average molecular weight is 334 g/mol. The van der Waals surface area contributed by atoms with Crippen LogP contribution in [0.5, 0.6) is 0 Å². The van der Waals surface area contributed by atoms with Crippen LogP contribution in [0.4, 0.5) is 4.79 Å². The van der Waals surface area contributed by atoms with E-state index in [1.165, 1.54) is 0 Å². The summed E-state index contributed by atoms with van der Waals surface area (Å²) in [5.41, 5.74) is 0.0795. The highest BCUT2D eigenvalue weighted by molar-refractivity contribution is 5.68. The molecule has 2 aromatic rings. The molecule has 2 atom stereocenters. The standard InChI is InChI=1S/C16H22N4O4/c1-5-11(18-15(22)24-16(2,3)4)12(21)14-20-19-13(23-14)10-6-8-17-9-7-10/h6-9,11-12,21H,5H2,1-4H3,(H,18,22)/t11?,12-/m0/s1. The fraction of sp³-hybridized carbons (Fsp3) is 0.500. The highest BCUT2D eigenvalue weighted by Gasteiger charge is 2.28. The second-order valence-corrected chi connectivity index (χ2v) is 6.29. The van der Waals surface area contributed by atoms with E-state index in [4.69, 9.17) is 9.15 Å². The van der Waals surface area contributed by atoms with E-state index in [0.29, 0.717) is 12.0 Å². The van der Waals surface area contributed by atoms with Crippen LogP contribution in [0.25, 0.3) is 11.5 Å². The van der Waals surface area contributed by atoms with Crippen molar-refractivity contribution in [2.75, 3.05) is 0 Å². The van der Waals surface area contributed by atoms with Crippen LogP contribution in [-0.4, -0.2) is 38.0 Å². The second kappa shape index (κ2) is 7.39. The largest absolute Gasteiger partial charge is 0.444 e. The monoisotopic (exact) mass is 334 g/mol. The maximum atomic E-state index is 11.9. The van der Waals surface area contributed by atoms with Crippen molar-refractivity contribution in [1.29, 1.82) is 0 Å². The number of aliphatic hydroxyl groups is 1. The van der Waals surface area contributed by atoms with Gasteiger partial charge in [-0.05, 0) is 39.3 Å². The zero-order chi connectivity index (χ0) is 17.7. The Morgan fingerprint density at radius 3 is 2.58 bits per heavy atom. The first-order chi connectivity index (χ1) is 11.3. The molecule has 2 rings (SSSR count). The Hall–Kier alpha value is -2.48. The Labute approximate surface area is 140 Å². The van der Waals surface area contributed by atoms with Gasteiger partial charge in [0.15, 0.2) is 6.10 Å². The number of amides is 1. The topological polar surface area (TPSA) is 110 Å². The Balaban J connectivity index is 2.07. The summed E-state index contributed by atoms with van der Waals surface area (Å²) < 4.78 is 10.7. The lowest BCUT2D eigenvalue weighted by Crippen LogP contribution is -2.42. The third-order valence-corrected chi connectivity index (χ3v) is 3.14. The Morgan fingerprint density at radius 1 is 1.33 bits per heavy atom. The summed E-state index contributed by atoms with van der Waals surface area (Å²) in [6.45, 7) is 7.13. The minimum atomic E-state index is -1.13. The number of aromatic nitrogens is 3. The number of alkyl carbamates (subject to hydrolysis) is 1. The Bertz CT molecular complexity index is 666. The van der Waals surface area contributed by atoms with Crippen LogP contribution in [-0.2, 0) is 4.74 Å². The van der Waals surface area contributed by atoms with E-state index >= 15 is 0 Å². The molecule has 0 aliphatic carbocycles. The predicted molar refractivity (Wildman–Crippen MR) is 85.9 cm³/mol. The van der Waals surface area contributed by atoms with E-state index in [-0.39, 0.29) is 11.8 Å². The molecular formula is C16H22N4O4. The number of ether oxygens (including phenoxy) is 1. The van der Waals surface area contributed by atoms with Gasteiger partial charge in [-0.2, -0.15) is 0 Å². The van der Waals surface area contributed by atoms with E-state index < -0.39 is 23.8 Å². The molecule has 2 heterocycles. The zero-order valence-electron chi connectivity index (χ0n) is 14.2. The molecule has 0 spiro atoms. The summed E-state index contributed by atoms with van der Waals surface area (Å²) in [5, 5.41) is 20.8. The van der Waals surface area contributed by atoms with Gasteiger partial charge in [-0.1, -0.05) is 6.92 Å². The van der Waals surface area contributed by atoms with Crippen LogP contribution >= 0.6 is 0 Å². The van der Waals surface area contributed by atoms with Gasteiger partial charge in [0, 0.05) is 18.0 Å². The van der Waals surface area contributed by atoms with Gasteiger partial charge in [-0.25, -0.2) is 4.79 Å². The number of carbonyl (C=O) groups excluding carboxylic acids is 1. The lowest BCUT2D eigenvalue weighted by Gasteiger charge is -2.24. The molecule has 1 amide bonds. The molecule has 0 fully saturated rings. The van der Waals surface area contributed by atoms with E-state index in [2.05, 4.69) is 20.5 Å². The summed E-state index contributed by atoms with van der Waals surface area (Å²) in [6.07, 6.45) is 1.93. The normalized spacial score (nSPS) is 14.0. The molecule has 0 aliphatic heterocycles. The summed E-state index contributed by atoms with van der Waals surface area (Å²) in [4.78, 5) is 15.8. The maximum absolute atomic E-state index is 11.9. The summed E-state index contributed by atoms with van der Waals surface area (Å²) in [7, 11) is 0. The number of carbonyl (C=O) groups is 1. The van der Waals surface area contributed by atoms with Crippen molar-refractivity contribution >= 4 is 6.09 Å². The molecular weight excluding hydrogens is 312 g/mol. The van der Waals surface area contributed by atoms with Crippen LogP contribution in [0.2, 0.25) is 0 Å². The second-order valence-electron chi connectivity index (χ2n) is 6.29.